The Labute approximate surface area is 72.8 Å². The minimum absolute atomic E-state index is 0.492. The molecular weight excluding hydrogens is 148 g/mol. The van der Waals surface area contributed by atoms with Crippen LogP contribution in [0.3, 0.4) is 0 Å². The molecule has 1 atom stereocenters. The summed E-state index contributed by atoms with van der Waals surface area (Å²) in [7, 11) is 0. The highest BCUT2D eigenvalue weighted by molar-refractivity contribution is 5.48. The van der Waals surface area contributed by atoms with E-state index in [0.717, 1.165) is 12.2 Å². The summed E-state index contributed by atoms with van der Waals surface area (Å²) >= 11 is 0. The monoisotopic (exact) mass is 162 g/mol. The number of para-hydroxylation sites is 1. The number of rotatable bonds is 1. The fourth-order valence-corrected chi connectivity index (χ4v) is 1.78. The Morgan fingerprint density at radius 3 is 2.83 bits per heavy atom. The molecule has 0 spiro atoms. The van der Waals surface area contributed by atoms with Crippen molar-refractivity contribution in [3.63, 3.8) is 0 Å². The summed E-state index contributed by atoms with van der Waals surface area (Å²) in [6.07, 6.45) is 2.48. The standard InChI is InChI=1S/C10H14N2/c11-9-5-2-1-4-8(9)10-6-3-7-12-10/h1-2,4-5,10,12H,3,6-7,11H2/t10-/m1/s1. The number of hydrogen-bond acceptors (Lipinski definition) is 2. The first-order valence-corrected chi connectivity index (χ1v) is 4.46. The predicted octanol–water partition coefficient (Wildman–Crippen LogP) is 1.69. The second-order valence-electron chi connectivity index (χ2n) is 3.28. The second-order valence-corrected chi connectivity index (χ2v) is 3.28. The number of nitrogens with two attached hydrogens (primary N) is 1. The molecule has 3 N–H and O–H groups in total. The molecule has 0 aromatic heterocycles. The number of nitrogens with one attached hydrogen (secondary N) is 1. The van der Waals surface area contributed by atoms with Gasteiger partial charge in [0.1, 0.15) is 0 Å². The van der Waals surface area contributed by atoms with Gasteiger partial charge < -0.3 is 11.1 Å². The van der Waals surface area contributed by atoms with Crippen LogP contribution in [0, 0.1) is 0 Å². The Morgan fingerprint density at radius 1 is 1.33 bits per heavy atom. The molecule has 0 aliphatic carbocycles. The fourth-order valence-electron chi connectivity index (χ4n) is 1.78. The Kier molecular flexibility index (Phi) is 2.00. The zero-order chi connectivity index (χ0) is 8.39. The van der Waals surface area contributed by atoms with Gasteiger partial charge in [-0.2, -0.15) is 0 Å². The molecule has 1 aromatic rings. The van der Waals surface area contributed by atoms with Crippen molar-refractivity contribution in [2.24, 2.45) is 0 Å². The maximum Gasteiger partial charge on any atom is 0.0362 e. The minimum atomic E-state index is 0.492. The number of hydrogen-bond donors (Lipinski definition) is 2. The molecule has 2 nitrogen and oxygen atoms in total. The van der Waals surface area contributed by atoms with E-state index in [-0.39, 0.29) is 0 Å². The van der Waals surface area contributed by atoms with Crippen molar-refractivity contribution in [3.05, 3.63) is 29.8 Å². The van der Waals surface area contributed by atoms with Gasteiger partial charge in [-0.05, 0) is 31.0 Å². The molecule has 1 aliphatic heterocycles. The SMILES string of the molecule is Nc1ccccc1[C@H]1CCCN1. The quantitative estimate of drug-likeness (QED) is 0.617. The highest BCUT2D eigenvalue weighted by Gasteiger charge is 2.17. The summed E-state index contributed by atoms with van der Waals surface area (Å²) in [6, 6.07) is 8.60. The lowest BCUT2D eigenvalue weighted by Crippen LogP contribution is -2.14. The highest BCUT2D eigenvalue weighted by atomic mass is 14.9. The van der Waals surface area contributed by atoms with Crippen LogP contribution in [-0.4, -0.2) is 6.54 Å². The smallest absolute Gasteiger partial charge is 0.0362 e. The Balaban J connectivity index is 2.26. The van der Waals surface area contributed by atoms with Crippen LogP contribution in [-0.2, 0) is 0 Å². The molecule has 0 radical (unpaired) electrons. The summed E-state index contributed by atoms with van der Waals surface area (Å²) in [5.41, 5.74) is 8.03. The van der Waals surface area contributed by atoms with Crippen molar-refractivity contribution in [2.75, 3.05) is 12.3 Å². The summed E-state index contributed by atoms with van der Waals surface area (Å²) in [5, 5.41) is 3.43. The Bertz CT molecular complexity index is 264. The van der Waals surface area contributed by atoms with E-state index in [4.69, 9.17) is 5.73 Å². The Morgan fingerprint density at radius 2 is 2.17 bits per heavy atom. The molecular formula is C10H14N2. The van der Waals surface area contributed by atoms with Gasteiger partial charge in [0.15, 0.2) is 0 Å². The molecule has 0 amide bonds. The first-order valence-electron chi connectivity index (χ1n) is 4.46. The number of anilines is 1. The third-order valence-corrected chi connectivity index (χ3v) is 2.43. The minimum Gasteiger partial charge on any atom is -0.398 e. The van der Waals surface area contributed by atoms with Crippen LogP contribution in [0.25, 0.3) is 0 Å². The fraction of sp³-hybridized carbons (Fsp3) is 0.400. The van der Waals surface area contributed by atoms with E-state index >= 15 is 0 Å². The lowest BCUT2D eigenvalue weighted by molar-refractivity contribution is 0.650. The topological polar surface area (TPSA) is 38.0 Å². The zero-order valence-electron chi connectivity index (χ0n) is 7.09. The molecule has 2 rings (SSSR count). The van der Waals surface area contributed by atoms with Gasteiger partial charge in [0.2, 0.25) is 0 Å². The van der Waals surface area contributed by atoms with Crippen LogP contribution < -0.4 is 11.1 Å². The van der Waals surface area contributed by atoms with E-state index < -0.39 is 0 Å². The van der Waals surface area contributed by atoms with Crippen molar-refractivity contribution >= 4 is 5.69 Å². The van der Waals surface area contributed by atoms with Crippen molar-refractivity contribution < 1.29 is 0 Å². The van der Waals surface area contributed by atoms with E-state index in [2.05, 4.69) is 11.4 Å². The van der Waals surface area contributed by atoms with Gasteiger partial charge in [0, 0.05) is 11.7 Å². The van der Waals surface area contributed by atoms with Crippen molar-refractivity contribution in [3.8, 4) is 0 Å². The number of benzene rings is 1. The van der Waals surface area contributed by atoms with Gasteiger partial charge in [-0.3, -0.25) is 0 Å². The molecule has 1 aromatic carbocycles. The normalized spacial score (nSPS) is 22.8. The van der Waals surface area contributed by atoms with E-state index in [1.807, 2.05) is 18.2 Å². The Hall–Kier alpha value is -1.02. The largest absolute Gasteiger partial charge is 0.398 e. The van der Waals surface area contributed by atoms with Crippen LogP contribution in [0.2, 0.25) is 0 Å². The average Bonchev–Trinajstić information content (AvgIpc) is 2.57. The average molecular weight is 162 g/mol. The van der Waals surface area contributed by atoms with E-state index in [1.54, 1.807) is 0 Å². The van der Waals surface area contributed by atoms with Gasteiger partial charge in [-0.25, -0.2) is 0 Å². The first kappa shape index (κ1) is 7.62. The lowest BCUT2D eigenvalue weighted by atomic mass is 10.0. The van der Waals surface area contributed by atoms with Crippen LogP contribution in [0.5, 0.6) is 0 Å². The van der Waals surface area contributed by atoms with Gasteiger partial charge >= 0.3 is 0 Å². The zero-order valence-corrected chi connectivity index (χ0v) is 7.09. The van der Waals surface area contributed by atoms with Crippen LogP contribution >= 0.6 is 0 Å². The molecule has 1 saturated heterocycles. The molecule has 0 unspecified atom stereocenters. The van der Waals surface area contributed by atoms with Crippen LogP contribution in [0.4, 0.5) is 5.69 Å². The second kappa shape index (κ2) is 3.15. The molecule has 1 fully saturated rings. The van der Waals surface area contributed by atoms with Crippen molar-refractivity contribution in [2.45, 2.75) is 18.9 Å². The van der Waals surface area contributed by atoms with Gasteiger partial charge in [-0.15, -0.1) is 0 Å². The van der Waals surface area contributed by atoms with Crippen LogP contribution in [0.15, 0.2) is 24.3 Å². The first-order chi connectivity index (χ1) is 5.88. The lowest BCUT2D eigenvalue weighted by Gasteiger charge is -2.12. The molecule has 12 heavy (non-hydrogen) atoms. The summed E-state index contributed by atoms with van der Waals surface area (Å²) in [5.74, 6) is 0. The molecule has 1 aliphatic rings. The summed E-state index contributed by atoms with van der Waals surface area (Å²) < 4.78 is 0. The summed E-state index contributed by atoms with van der Waals surface area (Å²) in [6.45, 7) is 1.12. The van der Waals surface area contributed by atoms with Crippen molar-refractivity contribution in [1.82, 2.24) is 5.32 Å². The molecule has 64 valence electrons. The number of nitrogen functional groups attached to an aromatic ring is 1. The summed E-state index contributed by atoms with van der Waals surface area (Å²) in [4.78, 5) is 0. The van der Waals surface area contributed by atoms with E-state index in [0.29, 0.717) is 6.04 Å². The van der Waals surface area contributed by atoms with E-state index in [9.17, 15) is 0 Å². The molecule has 0 saturated carbocycles. The third-order valence-electron chi connectivity index (χ3n) is 2.43. The maximum absolute atomic E-state index is 5.86. The van der Waals surface area contributed by atoms with Crippen molar-refractivity contribution in [1.29, 1.82) is 0 Å². The van der Waals surface area contributed by atoms with Gasteiger partial charge in [0.05, 0.1) is 0 Å². The maximum atomic E-state index is 5.86. The van der Waals surface area contributed by atoms with Crippen LogP contribution in [0.1, 0.15) is 24.4 Å². The predicted molar refractivity (Wildman–Crippen MR) is 50.8 cm³/mol. The molecule has 1 heterocycles. The molecule has 0 bridgehead atoms. The van der Waals surface area contributed by atoms with E-state index in [1.165, 1.54) is 18.4 Å². The third kappa shape index (κ3) is 1.30. The molecule has 2 heteroatoms. The highest BCUT2D eigenvalue weighted by Crippen LogP contribution is 2.26. The van der Waals surface area contributed by atoms with Gasteiger partial charge in [0.25, 0.3) is 0 Å². The van der Waals surface area contributed by atoms with Gasteiger partial charge in [-0.1, -0.05) is 18.2 Å².